The molecule has 2 aliphatic rings. The van der Waals surface area contributed by atoms with Crippen LogP contribution in [0.2, 0.25) is 0 Å². The summed E-state index contributed by atoms with van der Waals surface area (Å²) in [6, 6.07) is 7.72. The molecule has 0 bridgehead atoms. The monoisotopic (exact) mass is 489 g/mol. The fourth-order valence-electron chi connectivity index (χ4n) is 3.70. The van der Waals surface area contributed by atoms with Crippen molar-refractivity contribution in [1.82, 2.24) is 10.2 Å². The molecule has 2 aliphatic heterocycles. The Kier molecular flexibility index (Phi) is 8.47. The first-order valence-corrected chi connectivity index (χ1v) is 9.56. The molecule has 7 heteroatoms. The second kappa shape index (κ2) is 10.4. The van der Waals surface area contributed by atoms with Gasteiger partial charge >= 0.3 is 0 Å². The molecule has 0 aliphatic carbocycles. The quantitative estimate of drug-likeness (QED) is 0.378. The van der Waals surface area contributed by atoms with Gasteiger partial charge in [0.15, 0.2) is 17.5 Å². The lowest BCUT2D eigenvalue weighted by Crippen LogP contribution is -2.42. The number of guanidine groups is 1. The zero-order valence-electron chi connectivity index (χ0n) is 16.6. The van der Waals surface area contributed by atoms with E-state index in [1.165, 1.54) is 6.42 Å². The van der Waals surface area contributed by atoms with Crippen LogP contribution in [0, 0.1) is 5.41 Å². The van der Waals surface area contributed by atoms with Gasteiger partial charge in [0.05, 0.1) is 20.3 Å². The SMILES string of the molecule is CCNC(=NCC(C)Oc1ccccc1OC)N1CCC2(CCOC2)C1.I. The molecule has 152 valence electrons. The molecular formula is C20H32IN3O3. The van der Waals surface area contributed by atoms with Crippen molar-refractivity contribution in [1.29, 1.82) is 0 Å². The molecule has 0 amide bonds. The Balaban J connectivity index is 0.00000261. The molecule has 2 heterocycles. The van der Waals surface area contributed by atoms with Gasteiger partial charge in [-0.1, -0.05) is 12.1 Å². The Bertz CT molecular complexity index is 620. The minimum Gasteiger partial charge on any atom is -0.493 e. The van der Waals surface area contributed by atoms with E-state index < -0.39 is 0 Å². The van der Waals surface area contributed by atoms with Crippen LogP contribution in [-0.2, 0) is 4.74 Å². The van der Waals surface area contributed by atoms with Crippen molar-refractivity contribution in [2.75, 3.05) is 46.5 Å². The largest absolute Gasteiger partial charge is 0.493 e. The fourth-order valence-corrected chi connectivity index (χ4v) is 3.70. The summed E-state index contributed by atoms with van der Waals surface area (Å²) in [6.45, 7) is 9.45. The maximum absolute atomic E-state index is 6.02. The Hall–Kier alpha value is -1.22. The maximum atomic E-state index is 6.02. The minimum atomic E-state index is -0.0358. The summed E-state index contributed by atoms with van der Waals surface area (Å²) < 4.78 is 17.0. The number of aliphatic imine (C=N–C) groups is 1. The third-order valence-electron chi connectivity index (χ3n) is 5.15. The highest BCUT2D eigenvalue weighted by Crippen LogP contribution is 2.38. The Labute approximate surface area is 179 Å². The van der Waals surface area contributed by atoms with Crippen LogP contribution >= 0.6 is 24.0 Å². The summed E-state index contributed by atoms with van der Waals surface area (Å²) in [7, 11) is 1.66. The second-order valence-corrected chi connectivity index (χ2v) is 7.25. The molecule has 3 rings (SSSR count). The molecule has 6 nitrogen and oxygen atoms in total. The molecule has 2 saturated heterocycles. The number of hydrogen-bond donors (Lipinski definition) is 1. The number of nitrogens with zero attached hydrogens (tertiary/aromatic N) is 2. The summed E-state index contributed by atoms with van der Waals surface area (Å²) in [6.07, 6.45) is 2.31. The Morgan fingerprint density at radius 3 is 2.78 bits per heavy atom. The number of nitrogens with one attached hydrogen (secondary N) is 1. The molecule has 1 aromatic carbocycles. The molecule has 2 unspecified atom stereocenters. The van der Waals surface area contributed by atoms with Crippen LogP contribution in [0.25, 0.3) is 0 Å². The van der Waals surface area contributed by atoms with Gasteiger partial charge in [0.2, 0.25) is 0 Å². The van der Waals surface area contributed by atoms with E-state index in [-0.39, 0.29) is 30.1 Å². The molecule has 1 spiro atoms. The van der Waals surface area contributed by atoms with Crippen LogP contribution in [0.5, 0.6) is 11.5 Å². The van der Waals surface area contributed by atoms with Gasteiger partial charge < -0.3 is 24.4 Å². The van der Waals surface area contributed by atoms with Gasteiger partial charge in [0.25, 0.3) is 0 Å². The predicted octanol–water partition coefficient (Wildman–Crippen LogP) is 3.16. The fraction of sp³-hybridized carbons (Fsp3) is 0.650. The number of ether oxygens (including phenoxy) is 3. The van der Waals surface area contributed by atoms with Gasteiger partial charge in [-0.2, -0.15) is 0 Å². The van der Waals surface area contributed by atoms with E-state index in [0.717, 1.165) is 56.7 Å². The highest BCUT2D eigenvalue weighted by Gasteiger charge is 2.42. The number of para-hydroxylation sites is 2. The lowest BCUT2D eigenvalue weighted by Gasteiger charge is -2.25. The third-order valence-corrected chi connectivity index (χ3v) is 5.15. The van der Waals surface area contributed by atoms with E-state index in [1.54, 1.807) is 7.11 Å². The maximum Gasteiger partial charge on any atom is 0.194 e. The average Bonchev–Trinajstić information content (AvgIpc) is 3.29. The van der Waals surface area contributed by atoms with E-state index in [4.69, 9.17) is 19.2 Å². The summed E-state index contributed by atoms with van der Waals surface area (Å²) in [5.41, 5.74) is 0.329. The van der Waals surface area contributed by atoms with E-state index in [0.29, 0.717) is 12.0 Å². The van der Waals surface area contributed by atoms with E-state index in [9.17, 15) is 0 Å². The lowest BCUT2D eigenvalue weighted by atomic mass is 9.87. The summed E-state index contributed by atoms with van der Waals surface area (Å²) in [4.78, 5) is 7.20. The van der Waals surface area contributed by atoms with Crippen LogP contribution in [0.1, 0.15) is 26.7 Å². The molecule has 27 heavy (non-hydrogen) atoms. The van der Waals surface area contributed by atoms with Crippen molar-refractivity contribution in [3.8, 4) is 11.5 Å². The van der Waals surface area contributed by atoms with Gasteiger partial charge in [-0.05, 0) is 38.8 Å². The number of likely N-dealkylation sites (tertiary alicyclic amines) is 1. The predicted molar refractivity (Wildman–Crippen MR) is 119 cm³/mol. The van der Waals surface area contributed by atoms with Crippen LogP contribution in [0.3, 0.4) is 0 Å². The van der Waals surface area contributed by atoms with Crippen LogP contribution in [0.4, 0.5) is 0 Å². The first kappa shape index (κ1) is 22.1. The lowest BCUT2D eigenvalue weighted by molar-refractivity contribution is 0.156. The molecule has 0 saturated carbocycles. The first-order chi connectivity index (χ1) is 12.7. The van der Waals surface area contributed by atoms with E-state index >= 15 is 0 Å². The number of rotatable bonds is 6. The number of halogens is 1. The van der Waals surface area contributed by atoms with Crippen molar-refractivity contribution in [3.05, 3.63) is 24.3 Å². The first-order valence-electron chi connectivity index (χ1n) is 9.56. The van der Waals surface area contributed by atoms with Gasteiger partial charge in [0, 0.05) is 31.7 Å². The molecule has 2 atom stereocenters. The molecular weight excluding hydrogens is 457 g/mol. The van der Waals surface area contributed by atoms with E-state index in [2.05, 4.69) is 17.1 Å². The zero-order chi connectivity index (χ0) is 18.4. The third kappa shape index (κ3) is 5.63. The van der Waals surface area contributed by atoms with Gasteiger partial charge in [0.1, 0.15) is 6.10 Å². The van der Waals surface area contributed by atoms with E-state index in [1.807, 2.05) is 31.2 Å². The van der Waals surface area contributed by atoms with Crippen molar-refractivity contribution < 1.29 is 14.2 Å². The smallest absolute Gasteiger partial charge is 0.194 e. The van der Waals surface area contributed by atoms with Gasteiger partial charge in [-0.15, -0.1) is 24.0 Å². The van der Waals surface area contributed by atoms with Crippen molar-refractivity contribution in [2.45, 2.75) is 32.8 Å². The molecule has 1 N–H and O–H groups in total. The normalized spacial score (nSPS) is 23.2. The van der Waals surface area contributed by atoms with Gasteiger partial charge in [-0.25, -0.2) is 4.99 Å². The summed E-state index contributed by atoms with van der Waals surface area (Å²) in [5.74, 6) is 2.48. The average molecular weight is 489 g/mol. The highest BCUT2D eigenvalue weighted by molar-refractivity contribution is 14.0. The van der Waals surface area contributed by atoms with Crippen molar-refractivity contribution in [3.63, 3.8) is 0 Å². The molecule has 0 aromatic heterocycles. The second-order valence-electron chi connectivity index (χ2n) is 7.25. The number of methoxy groups -OCH3 is 1. The minimum absolute atomic E-state index is 0. The summed E-state index contributed by atoms with van der Waals surface area (Å²) >= 11 is 0. The standard InChI is InChI=1S/C20H31N3O3.HI/c1-4-21-19(23-11-9-20(14-23)10-12-25-15-20)22-13-16(2)26-18-8-6-5-7-17(18)24-3;/h5-8,16H,4,9-15H2,1-3H3,(H,21,22);1H. The van der Waals surface area contributed by atoms with Gasteiger partial charge in [-0.3, -0.25) is 0 Å². The molecule has 1 aromatic rings. The van der Waals surface area contributed by atoms with Crippen LogP contribution in [0.15, 0.2) is 29.3 Å². The zero-order valence-corrected chi connectivity index (χ0v) is 18.9. The number of benzene rings is 1. The Morgan fingerprint density at radius 1 is 1.33 bits per heavy atom. The molecule has 0 radical (unpaired) electrons. The number of hydrogen-bond acceptors (Lipinski definition) is 4. The molecule has 2 fully saturated rings. The topological polar surface area (TPSA) is 55.3 Å². The van der Waals surface area contributed by atoms with Crippen molar-refractivity contribution >= 4 is 29.9 Å². The summed E-state index contributed by atoms with van der Waals surface area (Å²) in [5, 5.41) is 3.43. The van der Waals surface area contributed by atoms with Crippen LogP contribution < -0.4 is 14.8 Å². The Morgan fingerprint density at radius 2 is 2.11 bits per heavy atom. The highest BCUT2D eigenvalue weighted by atomic mass is 127. The van der Waals surface area contributed by atoms with Crippen molar-refractivity contribution in [2.24, 2.45) is 10.4 Å². The van der Waals surface area contributed by atoms with Crippen LogP contribution in [-0.4, -0.2) is 63.5 Å².